The number of rotatable bonds is 5. The zero-order valence-electron chi connectivity index (χ0n) is 12.3. The van der Waals surface area contributed by atoms with Gasteiger partial charge in [-0.1, -0.05) is 30.3 Å². The molecule has 1 aromatic rings. The van der Waals surface area contributed by atoms with Crippen molar-refractivity contribution < 1.29 is 4.79 Å². The third-order valence-electron chi connectivity index (χ3n) is 2.47. The number of carbonyl (C=O) groups excluding carboxylic acids is 1. The Morgan fingerprint density at radius 1 is 1.15 bits per heavy atom. The number of nitrogens with one attached hydrogen (secondary N) is 3. The van der Waals surface area contributed by atoms with Crippen LogP contribution in [0, 0.1) is 0 Å². The van der Waals surface area contributed by atoms with Crippen LogP contribution in [0.3, 0.4) is 0 Å². The van der Waals surface area contributed by atoms with Gasteiger partial charge in [0, 0.05) is 12.1 Å². The minimum atomic E-state index is -0.221. The molecule has 4 nitrogen and oxygen atoms in total. The summed E-state index contributed by atoms with van der Waals surface area (Å²) in [5.41, 5.74) is 1.04. The highest BCUT2D eigenvalue weighted by atomic mass is 32.1. The second kappa shape index (κ2) is 7.85. The Hall–Kier alpha value is -1.62. The summed E-state index contributed by atoms with van der Waals surface area (Å²) < 4.78 is 0. The molecule has 0 unspecified atom stereocenters. The van der Waals surface area contributed by atoms with E-state index in [2.05, 4.69) is 28.1 Å². The van der Waals surface area contributed by atoms with E-state index in [0.717, 1.165) is 13.0 Å². The van der Waals surface area contributed by atoms with Crippen molar-refractivity contribution in [2.24, 2.45) is 0 Å². The molecule has 3 N–H and O–H groups in total. The lowest BCUT2D eigenvalue weighted by molar-refractivity contribution is -0.121. The van der Waals surface area contributed by atoms with Crippen molar-refractivity contribution in [1.82, 2.24) is 16.0 Å². The predicted molar refractivity (Wildman–Crippen MR) is 86.6 cm³/mol. The van der Waals surface area contributed by atoms with Crippen LogP contribution < -0.4 is 16.0 Å². The van der Waals surface area contributed by atoms with E-state index in [1.807, 2.05) is 39.0 Å². The Morgan fingerprint density at radius 3 is 2.40 bits per heavy atom. The van der Waals surface area contributed by atoms with Crippen LogP contribution in [0.25, 0.3) is 0 Å². The van der Waals surface area contributed by atoms with Crippen LogP contribution in [-0.2, 0) is 11.2 Å². The topological polar surface area (TPSA) is 53.2 Å². The number of thiocarbonyl (C=S) groups is 1. The molecule has 0 aliphatic rings. The smallest absolute Gasteiger partial charge is 0.239 e. The SMILES string of the molecule is CC(C)(C)NC(=O)CNC(=S)NCCc1ccccc1. The van der Waals surface area contributed by atoms with Crippen LogP contribution >= 0.6 is 12.2 Å². The zero-order valence-corrected chi connectivity index (χ0v) is 13.1. The third kappa shape index (κ3) is 7.74. The molecular formula is C15H23N3OS. The Balaban J connectivity index is 2.16. The summed E-state index contributed by atoms with van der Waals surface area (Å²) in [5.74, 6) is -0.0651. The van der Waals surface area contributed by atoms with Crippen LogP contribution in [0.15, 0.2) is 30.3 Å². The number of benzene rings is 1. The maximum atomic E-state index is 11.6. The number of amides is 1. The molecule has 0 atom stereocenters. The molecule has 20 heavy (non-hydrogen) atoms. The van der Waals surface area contributed by atoms with Crippen LogP contribution in [0.5, 0.6) is 0 Å². The summed E-state index contributed by atoms with van der Waals surface area (Å²) in [4.78, 5) is 11.6. The van der Waals surface area contributed by atoms with E-state index in [0.29, 0.717) is 5.11 Å². The summed E-state index contributed by atoms with van der Waals surface area (Å²) >= 11 is 5.13. The van der Waals surface area contributed by atoms with E-state index in [4.69, 9.17) is 12.2 Å². The normalized spacial score (nSPS) is 10.8. The van der Waals surface area contributed by atoms with Gasteiger partial charge in [-0.25, -0.2) is 0 Å². The summed E-state index contributed by atoms with van der Waals surface area (Å²) in [6, 6.07) is 10.2. The fourth-order valence-corrected chi connectivity index (χ4v) is 1.82. The zero-order chi connectivity index (χ0) is 15.0. The van der Waals surface area contributed by atoms with Gasteiger partial charge in [0.05, 0.1) is 6.54 Å². The van der Waals surface area contributed by atoms with Gasteiger partial charge in [-0.05, 0) is 45.0 Å². The molecule has 0 radical (unpaired) electrons. The summed E-state index contributed by atoms with van der Waals surface area (Å²) in [7, 11) is 0. The summed E-state index contributed by atoms with van der Waals surface area (Å²) in [6.07, 6.45) is 0.900. The molecule has 0 bridgehead atoms. The Bertz CT molecular complexity index is 440. The molecule has 1 rings (SSSR count). The van der Waals surface area contributed by atoms with Crippen molar-refractivity contribution in [2.75, 3.05) is 13.1 Å². The average molecular weight is 293 g/mol. The predicted octanol–water partition coefficient (Wildman–Crippen LogP) is 1.61. The van der Waals surface area contributed by atoms with Gasteiger partial charge in [-0.3, -0.25) is 4.79 Å². The summed E-state index contributed by atoms with van der Waals surface area (Å²) in [6.45, 7) is 6.77. The first kappa shape index (κ1) is 16.4. The molecule has 110 valence electrons. The molecule has 0 aliphatic carbocycles. The van der Waals surface area contributed by atoms with Crippen LogP contribution in [-0.4, -0.2) is 29.6 Å². The maximum absolute atomic E-state index is 11.6. The van der Waals surface area contributed by atoms with Gasteiger partial charge in [0.15, 0.2) is 5.11 Å². The van der Waals surface area contributed by atoms with Crippen molar-refractivity contribution in [1.29, 1.82) is 0 Å². The third-order valence-corrected chi connectivity index (χ3v) is 2.75. The minimum Gasteiger partial charge on any atom is -0.362 e. The first-order chi connectivity index (χ1) is 9.37. The molecule has 5 heteroatoms. The van der Waals surface area contributed by atoms with Crippen molar-refractivity contribution in [3.8, 4) is 0 Å². The van der Waals surface area contributed by atoms with Gasteiger partial charge in [-0.15, -0.1) is 0 Å². The molecular weight excluding hydrogens is 270 g/mol. The van der Waals surface area contributed by atoms with E-state index in [-0.39, 0.29) is 18.0 Å². The van der Waals surface area contributed by atoms with Crippen molar-refractivity contribution >= 4 is 23.2 Å². The minimum absolute atomic E-state index is 0.0651. The lowest BCUT2D eigenvalue weighted by Crippen LogP contribution is -2.47. The average Bonchev–Trinajstić information content (AvgIpc) is 2.36. The van der Waals surface area contributed by atoms with Gasteiger partial charge in [-0.2, -0.15) is 0 Å². The number of carbonyl (C=O) groups is 1. The largest absolute Gasteiger partial charge is 0.362 e. The van der Waals surface area contributed by atoms with E-state index < -0.39 is 0 Å². The van der Waals surface area contributed by atoms with Gasteiger partial charge < -0.3 is 16.0 Å². The lowest BCUT2D eigenvalue weighted by Gasteiger charge is -2.21. The maximum Gasteiger partial charge on any atom is 0.239 e. The number of hydrogen-bond donors (Lipinski definition) is 3. The monoisotopic (exact) mass is 293 g/mol. The quantitative estimate of drug-likeness (QED) is 0.722. The second-order valence-electron chi connectivity index (χ2n) is 5.64. The van der Waals surface area contributed by atoms with Crippen LogP contribution in [0.1, 0.15) is 26.3 Å². The first-order valence-corrected chi connectivity index (χ1v) is 7.14. The van der Waals surface area contributed by atoms with E-state index in [9.17, 15) is 4.79 Å². The highest BCUT2D eigenvalue weighted by Gasteiger charge is 2.13. The van der Waals surface area contributed by atoms with Gasteiger partial charge in [0.1, 0.15) is 0 Å². The molecule has 0 saturated carbocycles. The van der Waals surface area contributed by atoms with E-state index in [1.54, 1.807) is 0 Å². The lowest BCUT2D eigenvalue weighted by atomic mass is 10.1. The highest BCUT2D eigenvalue weighted by molar-refractivity contribution is 7.80. The van der Waals surface area contributed by atoms with Crippen LogP contribution in [0.4, 0.5) is 0 Å². The van der Waals surface area contributed by atoms with Crippen molar-refractivity contribution in [2.45, 2.75) is 32.7 Å². The van der Waals surface area contributed by atoms with Gasteiger partial charge >= 0.3 is 0 Å². The van der Waals surface area contributed by atoms with Crippen molar-refractivity contribution in [3.05, 3.63) is 35.9 Å². The molecule has 0 saturated heterocycles. The molecule has 1 amide bonds. The second-order valence-corrected chi connectivity index (χ2v) is 6.05. The molecule has 0 spiro atoms. The Labute approximate surface area is 126 Å². The molecule has 0 aromatic heterocycles. The van der Waals surface area contributed by atoms with Gasteiger partial charge in [0.25, 0.3) is 0 Å². The molecule has 1 aromatic carbocycles. The van der Waals surface area contributed by atoms with Crippen molar-refractivity contribution in [3.63, 3.8) is 0 Å². The Kier molecular flexibility index (Phi) is 6.45. The Morgan fingerprint density at radius 2 is 1.80 bits per heavy atom. The van der Waals surface area contributed by atoms with Gasteiger partial charge in [0.2, 0.25) is 5.91 Å². The number of hydrogen-bond acceptors (Lipinski definition) is 2. The molecule has 0 heterocycles. The standard InChI is InChI=1S/C15H23N3OS/c1-15(2,3)18-13(19)11-17-14(20)16-10-9-12-7-5-4-6-8-12/h4-8H,9-11H2,1-3H3,(H,18,19)(H2,16,17,20). The fraction of sp³-hybridized carbons (Fsp3) is 0.467. The fourth-order valence-electron chi connectivity index (χ4n) is 1.65. The highest BCUT2D eigenvalue weighted by Crippen LogP contribution is 1.98. The summed E-state index contributed by atoms with van der Waals surface area (Å²) in [5, 5.41) is 9.36. The van der Waals surface area contributed by atoms with E-state index in [1.165, 1.54) is 5.56 Å². The first-order valence-electron chi connectivity index (χ1n) is 6.73. The van der Waals surface area contributed by atoms with Crippen LogP contribution in [0.2, 0.25) is 0 Å². The molecule has 0 aliphatic heterocycles. The van der Waals surface area contributed by atoms with E-state index >= 15 is 0 Å². The molecule has 0 fully saturated rings.